The van der Waals surface area contributed by atoms with Gasteiger partial charge < -0.3 is 19.5 Å². The summed E-state index contributed by atoms with van der Waals surface area (Å²) >= 11 is 0. The Morgan fingerprint density at radius 1 is 1.04 bits per heavy atom. The summed E-state index contributed by atoms with van der Waals surface area (Å²) < 4.78 is 33.3. The minimum atomic E-state index is -3.41. The lowest BCUT2D eigenvalue weighted by Gasteiger charge is -2.23. The minimum Gasteiger partial charge on any atom is -0.465 e. The molecular weight excluding hydrogens is 386 g/mol. The molecule has 1 heterocycles. The molecule has 0 aliphatic carbocycles. The second kappa shape index (κ2) is 9.34. The molecule has 8 nitrogen and oxygen atoms in total. The number of ether oxygens (including phenoxy) is 2. The molecule has 1 N–H and O–H groups in total. The van der Waals surface area contributed by atoms with E-state index < -0.39 is 28.4 Å². The van der Waals surface area contributed by atoms with Gasteiger partial charge in [-0.05, 0) is 29.8 Å². The van der Waals surface area contributed by atoms with Gasteiger partial charge in [-0.2, -0.15) is 0 Å². The molecule has 1 aliphatic heterocycles. The smallest absolute Gasteiger partial charge is 0.355 e. The first-order valence-corrected chi connectivity index (χ1v) is 10.1. The molecule has 1 aromatic rings. The van der Waals surface area contributed by atoms with Crippen LogP contribution in [0.2, 0.25) is 0 Å². The number of anilines is 1. The number of methoxy groups -OCH3 is 2. The van der Waals surface area contributed by atoms with E-state index in [1.807, 2.05) is 0 Å². The predicted octanol–water partition coefficient (Wildman–Crippen LogP) is 1.08. The van der Waals surface area contributed by atoms with Crippen LogP contribution in [0.1, 0.15) is 5.56 Å². The number of nitrogens with zero attached hydrogens (tertiary/aromatic N) is 1. The fourth-order valence-corrected chi connectivity index (χ4v) is 3.71. The first kappa shape index (κ1) is 21.4. The van der Waals surface area contributed by atoms with Crippen LogP contribution in [0, 0.1) is 0 Å². The number of carbonyl (C=O) groups excluding carboxylic acids is 2. The third kappa shape index (κ3) is 5.08. The van der Waals surface area contributed by atoms with Gasteiger partial charge in [0.2, 0.25) is 0 Å². The van der Waals surface area contributed by atoms with Crippen LogP contribution in [0.4, 0.5) is 5.69 Å². The van der Waals surface area contributed by atoms with E-state index in [4.69, 9.17) is 14.6 Å². The van der Waals surface area contributed by atoms with Crippen LogP contribution in [-0.2, 0) is 34.7 Å². The number of hydrogen-bond donors (Lipinski definition) is 1. The molecule has 0 radical (unpaired) electrons. The first-order valence-electron chi connectivity index (χ1n) is 8.28. The molecule has 28 heavy (non-hydrogen) atoms. The van der Waals surface area contributed by atoms with Crippen LogP contribution < -0.4 is 4.90 Å². The number of sulfone groups is 1. The molecule has 0 amide bonds. The molecule has 0 aromatic heterocycles. The Morgan fingerprint density at radius 3 is 2.25 bits per heavy atom. The highest BCUT2D eigenvalue weighted by Crippen LogP contribution is 2.26. The van der Waals surface area contributed by atoms with E-state index in [-0.39, 0.29) is 22.8 Å². The fraction of sp³-hybridized carbons (Fsp3) is 0.263. The first-order chi connectivity index (χ1) is 13.3. The van der Waals surface area contributed by atoms with Gasteiger partial charge in [-0.3, -0.25) is 0 Å². The van der Waals surface area contributed by atoms with Crippen LogP contribution in [-0.4, -0.2) is 52.0 Å². The number of esters is 2. The molecule has 0 saturated carbocycles. The zero-order valence-electron chi connectivity index (χ0n) is 15.5. The zero-order valence-corrected chi connectivity index (χ0v) is 16.3. The van der Waals surface area contributed by atoms with Crippen molar-refractivity contribution in [2.75, 3.05) is 31.5 Å². The maximum absolute atomic E-state index is 12.4. The highest BCUT2D eigenvalue weighted by molar-refractivity contribution is 7.90. The second-order valence-electron chi connectivity index (χ2n) is 5.80. The standard InChI is InChI=1S/C19H21NO7S/c1-26-18(22)16-5-3-4-10-20(17(16)19(23)27-2)15-8-6-14(7-9-15)13-28(24,25)12-11-21/h3-10,21H,11-13H2,1-2H3. The van der Waals surface area contributed by atoms with E-state index >= 15 is 0 Å². The Bertz CT molecular complexity index is 928. The molecular formula is C19H21NO7S. The van der Waals surface area contributed by atoms with Crippen LogP contribution in [0.25, 0.3) is 0 Å². The van der Waals surface area contributed by atoms with Gasteiger partial charge in [-0.1, -0.05) is 18.2 Å². The van der Waals surface area contributed by atoms with Crippen LogP contribution in [0.3, 0.4) is 0 Å². The number of aliphatic hydroxyl groups is 1. The summed E-state index contributed by atoms with van der Waals surface area (Å²) in [5, 5.41) is 8.83. The molecule has 2 rings (SSSR count). The lowest BCUT2D eigenvalue weighted by Crippen LogP contribution is -2.27. The third-order valence-corrected chi connectivity index (χ3v) is 5.47. The van der Waals surface area contributed by atoms with Crippen LogP contribution in [0.15, 0.2) is 60.0 Å². The monoisotopic (exact) mass is 407 g/mol. The summed E-state index contributed by atoms with van der Waals surface area (Å²) in [7, 11) is -0.997. The van der Waals surface area contributed by atoms with Gasteiger partial charge in [-0.15, -0.1) is 0 Å². The van der Waals surface area contributed by atoms with E-state index in [0.29, 0.717) is 11.3 Å². The average molecular weight is 407 g/mol. The van der Waals surface area contributed by atoms with E-state index in [9.17, 15) is 18.0 Å². The van der Waals surface area contributed by atoms with Gasteiger partial charge in [-0.25, -0.2) is 18.0 Å². The molecule has 0 bridgehead atoms. The number of allylic oxidation sites excluding steroid dienone is 2. The maximum atomic E-state index is 12.4. The van der Waals surface area contributed by atoms with Crippen molar-refractivity contribution in [3.05, 3.63) is 65.5 Å². The van der Waals surface area contributed by atoms with Crippen molar-refractivity contribution in [3.8, 4) is 0 Å². The van der Waals surface area contributed by atoms with Crippen molar-refractivity contribution < 1.29 is 32.6 Å². The van der Waals surface area contributed by atoms with Crippen molar-refractivity contribution in [3.63, 3.8) is 0 Å². The zero-order chi connectivity index (χ0) is 20.7. The highest BCUT2D eigenvalue weighted by atomic mass is 32.2. The summed E-state index contributed by atoms with van der Waals surface area (Å²) in [6, 6.07) is 6.45. The summed E-state index contributed by atoms with van der Waals surface area (Å²) in [5.74, 6) is -1.95. The quantitative estimate of drug-likeness (QED) is 0.669. The number of benzene rings is 1. The van der Waals surface area contributed by atoms with Gasteiger partial charge in [0.1, 0.15) is 5.70 Å². The highest BCUT2D eigenvalue weighted by Gasteiger charge is 2.27. The Balaban J connectivity index is 2.43. The van der Waals surface area contributed by atoms with Crippen LogP contribution in [0.5, 0.6) is 0 Å². The molecule has 150 valence electrons. The van der Waals surface area contributed by atoms with Crippen molar-refractivity contribution in [2.24, 2.45) is 0 Å². The lowest BCUT2D eigenvalue weighted by atomic mass is 10.1. The summed E-state index contributed by atoms with van der Waals surface area (Å²) in [5.41, 5.74) is 1.05. The summed E-state index contributed by atoms with van der Waals surface area (Å²) in [6.45, 7) is -0.435. The third-order valence-electron chi connectivity index (χ3n) is 3.89. The van der Waals surface area contributed by atoms with Gasteiger partial charge in [0, 0.05) is 11.9 Å². The Hall–Kier alpha value is -2.91. The minimum absolute atomic E-state index is 0.0222. The predicted molar refractivity (Wildman–Crippen MR) is 103 cm³/mol. The van der Waals surface area contributed by atoms with Crippen molar-refractivity contribution >= 4 is 27.5 Å². The molecule has 0 unspecified atom stereocenters. The molecule has 0 atom stereocenters. The summed E-state index contributed by atoms with van der Waals surface area (Å²) in [6.07, 6.45) is 6.25. The maximum Gasteiger partial charge on any atom is 0.355 e. The van der Waals surface area contributed by atoms with Crippen molar-refractivity contribution in [1.82, 2.24) is 0 Å². The molecule has 0 spiro atoms. The molecule has 1 aromatic carbocycles. The average Bonchev–Trinajstić information content (AvgIpc) is 2.90. The van der Waals surface area contributed by atoms with E-state index in [0.717, 1.165) is 0 Å². The molecule has 1 aliphatic rings. The Kier molecular flexibility index (Phi) is 7.13. The SMILES string of the molecule is COC(=O)C1=C(C(=O)OC)N(c2ccc(CS(=O)(=O)CCO)cc2)C=CC=C1. The summed E-state index contributed by atoms with van der Waals surface area (Å²) in [4.78, 5) is 25.9. The van der Waals surface area contributed by atoms with Gasteiger partial charge >= 0.3 is 11.9 Å². The number of hydrogen-bond acceptors (Lipinski definition) is 8. The van der Waals surface area contributed by atoms with Crippen molar-refractivity contribution in [1.29, 1.82) is 0 Å². The van der Waals surface area contributed by atoms with E-state index in [2.05, 4.69) is 0 Å². The molecule has 9 heteroatoms. The number of aliphatic hydroxyl groups excluding tert-OH is 1. The topological polar surface area (TPSA) is 110 Å². The normalized spacial score (nSPS) is 14.0. The number of carbonyl (C=O) groups is 2. The van der Waals surface area contributed by atoms with Gasteiger partial charge in [0.25, 0.3) is 0 Å². The Morgan fingerprint density at radius 2 is 1.68 bits per heavy atom. The Labute approximate surface area is 163 Å². The largest absolute Gasteiger partial charge is 0.465 e. The van der Waals surface area contributed by atoms with E-state index in [1.165, 1.54) is 25.2 Å². The fourth-order valence-electron chi connectivity index (χ4n) is 2.58. The second-order valence-corrected chi connectivity index (χ2v) is 7.98. The van der Waals surface area contributed by atoms with E-state index in [1.54, 1.807) is 42.6 Å². The van der Waals surface area contributed by atoms with Crippen molar-refractivity contribution in [2.45, 2.75) is 5.75 Å². The lowest BCUT2D eigenvalue weighted by molar-refractivity contribution is -0.139. The molecule has 0 fully saturated rings. The van der Waals surface area contributed by atoms with Gasteiger partial charge in [0.15, 0.2) is 9.84 Å². The molecule has 0 saturated heterocycles. The van der Waals surface area contributed by atoms with Gasteiger partial charge in [0.05, 0.1) is 37.9 Å². The van der Waals surface area contributed by atoms with Crippen LogP contribution >= 0.6 is 0 Å². The number of rotatable bonds is 7.